The fraction of sp³-hybridized carbons (Fsp3) is 0.316. The lowest BCUT2D eigenvalue weighted by Crippen LogP contribution is -2.36. The van der Waals surface area contributed by atoms with E-state index in [9.17, 15) is 14.9 Å². The number of ether oxygens (including phenoxy) is 1. The number of amides is 1. The number of nitro groups is 1. The van der Waals surface area contributed by atoms with E-state index in [1.54, 1.807) is 31.3 Å². The SMILES string of the molecule is CN(Cc1cccc(Cl)c1)C(=O)c1ccc(N2CCOCC2)c([N+](=O)[O-])c1. The molecule has 0 radical (unpaired) electrons. The number of rotatable bonds is 5. The maximum Gasteiger partial charge on any atom is 0.293 e. The average Bonchev–Trinajstić information content (AvgIpc) is 2.67. The van der Waals surface area contributed by atoms with Gasteiger partial charge < -0.3 is 14.5 Å². The van der Waals surface area contributed by atoms with Crippen LogP contribution in [0.2, 0.25) is 5.02 Å². The van der Waals surface area contributed by atoms with Crippen LogP contribution in [0.15, 0.2) is 42.5 Å². The van der Waals surface area contributed by atoms with Gasteiger partial charge in [0, 0.05) is 43.3 Å². The minimum atomic E-state index is -0.446. The fourth-order valence-corrected chi connectivity index (χ4v) is 3.29. The molecule has 0 unspecified atom stereocenters. The summed E-state index contributed by atoms with van der Waals surface area (Å²) in [5.41, 5.74) is 1.61. The van der Waals surface area contributed by atoms with Gasteiger partial charge in [0.1, 0.15) is 5.69 Å². The van der Waals surface area contributed by atoms with Crippen LogP contribution >= 0.6 is 11.6 Å². The first-order valence-corrected chi connectivity index (χ1v) is 8.94. The third-order valence-electron chi connectivity index (χ3n) is 4.43. The Morgan fingerprint density at radius 1 is 1.26 bits per heavy atom. The first-order valence-electron chi connectivity index (χ1n) is 8.57. The van der Waals surface area contributed by atoms with E-state index < -0.39 is 4.92 Å². The number of nitrogens with zero attached hydrogens (tertiary/aromatic N) is 3. The normalized spacial score (nSPS) is 14.1. The highest BCUT2D eigenvalue weighted by Crippen LogP contribution is 2.30. The molecule has 1 amide bonds. The molecule has 1 aliphatic rings. The summed E-state index contributed by atoms with van der Waals surface area (Å²) in [7, 11) is 1.66. The second kappa shape index (κ2) is 8.37. The summed E-state index contributed by atoms with van der Waals surface area (Å²) in [6.07, 6.45) is 0. The molecule has 0 saturated carbocycles. The Bertz CT molecular complexity index is 853. The van der Waals surface area contributed by atoms with Crippen LogP contribution in [0.3, 0.4) is 0 Å². The van der Waals surface area contributed by atoms with E-state index in [4.69, 9.17) is 16.3 Å². The van der Waals surface area contributed by atoms with Gasteiger partial charge in [-0.1, -0.05) is 23.7 Å². The van der Waals surface area contributed by atoms with Crippen LogP contribution in [0.4, 0.5) is 11.4 Å². The van der Waals surface area contributed by atoms with Gasteiger partial charge in [0.2, 0.25) is 0 Å². The minimum absolute atomic E-state index is 0.0705. The summed E-state index contributed by atoms with van der Waals surface area (Å²) in [6, 6.07) is 11.9. The van der Waals surface area contributed by atoms with Crippen molar-refractivity contribution in [3.8, 4) is 0 Å². The summed E-state index contributed by atoms with van der Waals surface area (Å²) < 4.78 is 5.30. The van der Waals surface area contributed by atoms with Crippen LogP contribution in [0.1, 0.15) is 15.9 Å². The molecule has 0 N–H and O–H groups in total. The Balaban J connectivity index is 1.81. The van der Waals surface area contributed by atoms with Crippen molar-refractivity contribution in [1.82, 2.24) is 4.90 Å². The molecule has 1 heterocycles. The first kappa shape index (κ1) is 19.1. The fourth-order valence-electron chi connectivity index (χ4n) is 3.08. The number of carbonyl (C=O) groups is 1. The number of hydrogen-bond acceptors (Lipinski definition) is 5. The van der Waals surface area contributed by atoms with Crippen LogP contribution in [0.25, 0.3) is 0 Å². The molecule has 8 heteroatoms. The van der Waals surface area contributed by atoms with Gasteiger partial charge in [0.05, 0.1) is 18.1 Å². The molecule has 0 spiro atoms. The molecule has 0 atom stereocenters. The van der Waals surface area contributed by atoms with E-state index in [1.807, 2.05) is 17.0 Å². The smallest absolute Gasteiger partial charge is 0.293 e. The van der Waals surface area contributed by atoms with Crippen LogP contribution in [0.5, 0.6) is 0 Å². The number of carbonyl (C=O) groups excluding carboxylic acids is 1. The van der Waals surface area contributed by atoms with Gasteiger partial charge in [-0.05, 0) is 29.8 Å². The minimum Gasteiger partial charge on any atom is -0.378 e. The molecule has 0 aliphatic carbocycles. The Labute approximate surface area is 162 Å². The molecule has 0 aromatic heterocycles. The number of nitro benzene ring substituents is 1. The molecular formula is C19H20ClN3O4. The van der Waals surface area contributed by atoms with Gasteiger partial charge >= 0.3 is 0 Å². The van der Waals surface area contributed by atoms with Crippen LogP contribution in [-0.2, 0) is 11.3 Å². The summed E-state index contributed by atoms with van der Waals surface area (Å²) in [6.45, 7) is 2.59. The molecule has 1 aliphatic heterocycles. The lowest BCUT2D eigenvalue weighted by Gasteiger charge is -2.28. The average molecular weight is 390 g/mol. The zero-order valence-electron chi connectivity index (χ0n) is 14.9. The highest BCUT2D eigenvalue weighted by Gasteiger charge is 2.24. The van der Waals surface area contributed by atoms with Gasteiger partial charge in [-0.15, -0.1) is 0 Å². The van der Waals surface area contributed by atoms with Crippen LogP contribution < -0.4 is 4.90 Å². The van der Waals surface area contributed by atoms with Crippen LogP contribution in [0, 0.1) is 10.1 Å². The molecule has 3 rings (SSSR count). The molecular weight excluding hydrogens is 370 g/mol. The maximum absolute atomic E-state index is 12.7. The summed E-state index contributed by atoms with van der Waals surface area (Å²) in [4.78, 5) is 27.3. The van der Waals surface area contributed by atoms with E-state index in [2.05, 4.69) is 0 Å². The van der Waals surface area contributed by atoms with Gasteiger partial charge in [-0.25, -0.2) is 0 Å². The monoisotopic (exact) mass is 389 g/mol. The molecule has 7 nitrogen and oxygen atoms in total. The quantitative estimate of drug-likeness (QED) is 0.579. The van der Waals surface area contributed by atoms with Gasteiger partial charge in [-0.2, -0.15) is 0 Å². The van der Waals surface area contributed by atoms with Gasteiger partial charge in [0.15, 0.2) is 0 Å². The molecule has 0 bridgehead atoms. The Kier molecular flexibility index (Phi) is 5.93. The highest BCUT2D eigenvalue weighted by molar-refractivity contribution is 6.30. The van der Waals surface area contributed by atoms with Crippen molar-refractivity contribution in [1.29, 1.82) is 0 Å². The second-order valence-electron chi connectivity index (χ2n) is 6.35. The molecule has 142 valence electrons. The molecule has 1 fully saturated rings. The molecule has 2 aromatic rings. The molecule has 2 aromatic carbocycles. The Morgan fingerprint density at radius 2 is 2.00 bits per heavy atom. The number of hydrogen-bond donors (Lipinski definition) is 0. The van der Waals surface area contributed by atoms with Crippen molar-refractivity contribution in [3.05, 3.63) is 68.7 Å². The standard InChI is InChI=1S/C19H20ClN3O4/c1-21(13-14-3-2-4-16(20)11-14)19(24)15-5-6-17(18(12-15)23(25)26)22-7-9-27-10-8-22/h2-6,11-12H,7-10,13H2,1H3. The Hall–Kier alpha value is -2.64. The third-order valence-corrected chi connectivity index (χ3v) is 4.66. The van der Waals surface area contributed by atoms with Crippen molar-refractivity contribution >= 4 is 28.9 Å². The highest BCUT2D eigenvalue weighted by atomic mass is 35.5. The first-order chi connectivity index (χ1) is 13.0. The van der Waals surface area contributed by atoms with Crippen molar-refractivity contribution < 1.29 is 14.5 Å². The number of anilines is 1. The third kappa shape index (κ3) is 4.56. The van der Waals surface area contributed by atoms with Crippen molar-refractivity contribution in [2.45, 2.75) is 6.54 Å². The maximum atomic E-state index is 12.7. The van der Waals surface area contributed by atoms with Crippen molar-refractivity contribution in [2.75, 3.05) is 38.3 Å². The van der Waals surface area contributed by atoms with E-state index in [-0.39, 0.29) is 17.2 Å². The van der Waals surface area contributed by atoms with E-state index in [0.29, 0.717) is 43.6 Å². The lowest BCUT2D eigenvalue weighted by atomic mass is 10.1. The van der Waals surface area contributed by atoms with Gasteiger partial charge in [0.25, 0.3) is 11.6 Å². The number of halogens is 1. The molecule has 27 heavy (non-hydrogen) atoms. The van der Waals surface area contributed by atoms with Gasteiger partial charge in [-0.3, -0.25) is 14.9 Å². The lowest BCUT2D eigenvalue weighted by molar-refractivity contribution is -0.384. The number of benzene rings is 2. The topological polar surface area (TPSA) is 75.9 Å². The summed E-state index contributed by atoms with van der Waals surface area (Å²) in [5, 5.41) is 12.1. The predicted octanol–water partition coefficient (Wildman–Crippen LogP) is 3.36. The predicted molar refractivity (Wildman–Crippen MR) is 103 cm³/mol. The summed E-state index contributed by atoms with van der Waals surface area (Å²) >= 11 is 5.98. The zero-order chi connectivity index (χ0) is 19.4. The van der Waals surface area contributed by atoms with Crippen molar-refractivity contribution in [3.63, 3.8) is 0 Å². The molecule has 1 saturated heterocycles. The largest absolute Gasteiger partial charge is 0.378 e. The Morgan fingerprint density at radius 3 is 2.67 bits per heavy atom. The van der Waals surface area contributed by atoms with E-state index in [1.165, 1.54) is 11.0 Å². The van der Waals surface area contributed by atoms with Crippen molar-refractivity contribution in [2.24, 2.45) is 0 Å². The second-order valence-corrected chi connectivity index (χ2v) is 6.79. The van der Waals surface area contributed by atoms with Crippen LogP contribution in [-0.4, -0.2) is 49.1 Å². The van der Waals surface area contributed by atoms with E-state index >= 15 is 0 Å². The number of morpholine rings is 1. The summed E-state index contributed by atoms with van der Waals surface area (Å²) in [5.74, 6) is -0.286. The zero-order valence-corrected chi connectivity index (χ0v) is 15.7. The van der Waals surface area contributed by atoms with E-state index in [0.717, 1.165) is 5.56 Å².